The van der Waals surface area contributed by atoms with Crippen molar-refractivity contribution in [3.05, 3.63) is 57.9 Å². The molecule has 0 unspecified atom stereocenters. The minimum absolute atomic E-state index is 0.0268. The minimum Gasteiger partial charge on any atom is -0.458 e. The number of fused-ring (bicyclic) bond motifs is 5. The third-order valence-corrected chi connectivity index (χ3v) is 5.05. The highest BCUT2D eigenvalue weighted by molar-refractivity contribution is 9.10. The number of benzene rings is 1. The van der Waals surface area contributed by atoms with E-state index < -0.39 is 17.3 Å². The largest absolute Gasteiger partial charge is 0.458 e. The second kappa shape index (κ2) is 5.57. The molecule has 4 rings (SSSR count). The lowest BCUT2D eigenvalue weighted by Crippen LogP contribution is -2.40. The van der Waals surface area contributed by atoms with Crippen molar-refractivity contribution in [3.63, 3.8) is 0 Å². The first-order valence-corrected chi connectivity index (χ1v) is 8.58. The number of hydrogen-bond acceptors (Lipinski definition) is 6. The summed E-state index contributed by atoms with van der Waals surface area (Å²) in [5.41, 5.74) is 6.41. The number of ether oxygens (including phenoxy) is 1. The summed E-state index contributed by atoms with van der Waals surface area (Å²) in [6.07, 6.45) is 1.46. The van der Waals surface area contributed by atoms with Gasteiger partial charge in [0, 0.05) is 15.7 Å². The van der Waals surface area contributed by atoms with Crippen LogP contribution in [0.5, 0.6) is 0 Å². The van der Waals surface area contributed by atoms with E-state index >= 15 is 0 Å². The zero-order valence-corrected chi connectivity index (χ0v) is 15.3. The number of carbonyl (C=O) groups excluding carboxylic acids is 2. The molecular weight excluding hydrogens is 402 g/mol. The van der Waals surface area contributed by atoms with E-state index in [1.54, 1.807) is 19.1 Å². The van der Waals surface area contributed by atoms with Gasteiger partial charge in [0.1, 0.15) is 12.3 Å². The Kier molecular flexibility index (Phi) is 3.55. The fourth-order valence-corrected chi connectivity index (χ4v) is 4.00. The van der Waals surface area contributed by atoms with Crippen LogP contribution in [0.3, 0.4) is 0 Å². The third-order valence-electron chi connectivity index (χ3n) is 4.56. The van der Waals surface area contributed by atoms with E-state index in [1.165, 1.54) is 6.08 Å². The van der Waals surface area contributed by atoms with Crippen LogP contribution in [-0.4, -0.2) is 23.5 Å². The quantitative estimate of drug-likeness (QED) is 0.588. The molecular formula is C18H14BrN3O4. The number of amides is 1. The minimum atomic E-state index is -1.46. The predicted octanol–water partition coefficient (Wildman–Crippen LogP) is 2.42. The van der Waals surface area contributed by atoms with Crippen molar-refractivity contribution in [3.8, 4) is 11.3 Å². The van der Waals surface area contributed by atoms with Gasteiger partial charge in [-0.15, -0.1) is 0 Å². The molecule has 0 saturated heterocycles. The Balaban J connectivity index is 2.04. The van der Waals surface area contributed by atoms with Crippen LogP contribution in [0.25, 0.3) is 11.3 Å². The number of nitrogen functional groups attached to an aromatic ring is 1. The third kappa shape index (κ3) is 1.96. The average molecular weight is 416 g/mol. The zero-order chi connectivity index (χ0) is 18.6. The summed E-state index contributed by atoms with van der Waals surface area (Å²) in [5.74, 6) is -0.642. The number of oxazole rings is 1. The fourth-order valence-electron chi connectivity index (χ4n) is 3.64. The van der Waals surface area contributed by atoms with Gasteiger partial charge < -0.3 is 20.2 Å². The Morgan fingerprint density at radius 3 is 3.04 bits per heavy atom. The van der Waals surface area contributed by atoms with Crippen LogP contribution in [0.4, 0.5) is 6.01 Å². The SMILES string of the molecule is C=CCOC(=O)C1=C(C)NC(=O)[C@]12c1cc(Br)ccc1-c1oc(N)nc12. The van der Waals surface area contributed by atoms with Gasteiger partial charge in [0.25, 0.3) is 6.01 Å². The molecule has 0 fully saturated rings. The van der Waals surface area contributed by atoms with Crippen molar-refractivity contribution in [2.75, 3.05) is 12.3 Å². The van der Waals surface area contributed by atoms with Crippen LogP contribution in [0.1, 0.15) is 18.2 Å². The number of nitrogens with zero attached hydrogens (tertiary/aromatic N) is 1. The number of nitrogens with two attached hydrogens (primary N) is 1. The maximum absolute atomic E-state index is 13.1. The summed E-state index contributed by atoms with van der Waals surface area (Å²) >= 11 is 3.42. The first-order valence-electron chi connectivity index (χ1n) is 7.79. The van der Waals surface area contributed by atoms with Gasteiger partial charge >= 0.3 is 5.97 Å². The van der Waals surface area contributed by atoms with Crippen molar-refractivity contribution in [2.45, 2.75) is 12.3 Å². The summed E-state index contributed by atoms with van der Waals surface area (Å²) in [7, 11) is 0. The van der Waals surface area contributed by atoms with E-state index in [-0.39, 0.29) is 18.2 Å². The van der Waals surface area contributed by atoms with Crippen molar-refractivity contribution in [2.24, 2.45) is 0 Å². The molecule has 3 N–H and O–H groups in total. The van der Waals surface area contributed by atoms with Crippen LogP contribution >= 0.6 is 15.9 Å². The molecule has 0 saturated carbocycles. The number of nitrogens with one attached hydrogen (secondary N) is 1. The Hall–Kier alpha value is -2.87. The highest BCUT2D eigenvalue weighted by Gasteiger charge is 2.61. The van der Waals surface area contributed by atoms with Gasteiger partial charge in [-0.05, 0) is 30.7 Å². The van der Waals surface area contributed by atoms with Crippen LogP contribution in [0, 0.1) is 0 Å². The number of anilines is 1. The second-order valence-electron chi connectivity index (χ2n) is 6.01. The Morgan fingerprint density at radius 1 is 1.54 bits per heavy atom. The molecule has 132 valence electrons. The van der Waals surface area contributed by atoms with Crippen molar-refractivity contribution in [1.82, 2.24) is 10.3 Å². The molecule has 1 amide bonds. The van der Waals surface area contributed by atoms with E-state index in [0.29, 0.717) is 28.3 Å². The van der Waals surface area contributed by atoms with E-state index in [9.17, 15) is 9.59 Å². The monoisotopic (exact) mass is 415 g/mol. The fraction of sp³-hybridized carbons (Fsp3) is 0.167. The molecule has 2 aromatic rings. The topological polar surface area (TPSA) is 107 Å². The zero-order valence-electron chi connectivity index (χ0n) is 13.8. The molecule has 7 nitrogen and oxygen atoms in total. The van der Waals surface area contributed by atoms with Gasteiger partial charge in [0.05, 0.1) is 5.57 Å². The number of hydrogen-bond donors (Lipinski definition) is 2. The van der Waals surface area contributed by atoms with Crippen LogP contribution in [-0.2, 0) is 19.7 Å². The van der Waals surface area contributed by atoms with Crippen molar-refractivity contribution >= 4 is 33.8 Å². The normalized spacial score (nSPS) is 20.2. The van der Waals surface area contributed by atoms with Crippen LogP contribution in [0.15, 0.2) is 51.0 Å². The standard InChI is InChI=1S/C18H14BrN3O4/c1-3-6-25-15(23)12-8(2)21-16(24)18(12)11-7-9(19)4-5-10(11)13-14(18)22-17(20)26-13/h3-5,7H,1,6H2,2H3,(H2,20,22)(H,21,24)/t18-/m1/s1. The van der Waals surface area contributed by atoms with Gasteiger partial charge in [-0.3, -0.25) is 4.79 Å². The first-order chi connectivity index (χ1) is 12.4. The average Bonchev–Trinajstić information content (AvgIpc) is 3.17. The van der Waals surface area contributed by atoms with E-state index in [2.05, 4.69) is 32.8 Å². The first kappa shape index (κ1) is 16.6. The van der Waals surface area contributed by atoms with Gasteiger partial charge in [0.2, 0.25) is 5.91 Å². The Bertz CT molecular complexity index is 1020. The molecule has 26 heavy (non-hydrogen) atoms. The lowest BCUT2D eigenvalue weighted by molar-refractivity contribution is -0.139. The lowest BCUT2D eigenvalue weighted by atomic mass is 9.75. The number of esters is 1. The summed E-state index contributed by atoms with van der Waals surface area (Å²) < 4.78 is 11.5. The van der Waals surface area contributed by atoms with Gasteiger partial charge in [-0.25, -0.2) is 4.79 Å². The molecule has 1 atom stereocenters. The van der Waals surface area contributed by atoms with Gasteiger partial charge in [0.15, 0.2) is 11.2 Å². The van der Waals surface area contributed by atoms with E-state index in [1.807, 2.05) is 6.07 Å². The maximum atomic E-state index is 13.1. The lowest BCUT2D eigenvalue weighted by Gasteiger charge is -2.24. The number of carbonyl (C=O) groups is 2. The van der Waals surface area contributed by atoms with Crippen LogP contribution in [0.2, 0.25) is 0 Å². The summed E-state index contributed by atoms with van der Waals surface area (Å²) in [6.45, 7) is 5.22. The molecule has 8 heteroatoms. The molecule has 2 heterocycles. The maximum Gasteiger partial charge on any atom is 0.337 e. The second-order valence-corrected chi connectivity index (χ2v) is 6.93. The highest BCUT2D eigenvalue weighted by Crippen LogP contribution is 2.56. The Labute approximate surface area is 157 Å². The summed E-state index contributed by atoms with van der Waals surface area (Å²) in [4.78, 5) is 30.2. The van der Waals surface area contributed by atoms with Crippen molar-refractivity contribution < 1.29 is 18.7 Å². The molecule has 2 aliphatic rings. The van der Waals surface area contributed by atoms with Crippen LogP contribution < -0.4 is 11.1 Å². The molecule has 0 bridgehead atoms. The predicted molar refractivity (Wildman–Crippen MR) is 96.8 cm³/mol. The molecule has 1 aromatic heterocycles. The number of halogens is 1. The van der Waals surface area contributed by atoms with Gasteiger partial charge in [-0.1, -0.05) is 28.6 Å². The van der Waals surface area contributed by atoms with Gasteiger partial charge in [-0.2, -0.15) is 4.98 Å². The van der Waals surface area contributed by atoms with Crippen molar-refractivity contribution in [1.29, 1.82) is 0 Å². The molecule has 1 aliphatic heterocycles. The summed E-state index contributed by atoms with van der Waals surface area (Å²) in [5, 5.41) is 2.74. The van der Waals surface area contributed by atoms with E-state index in [4.69, 9.17) is 14.9 Å². The summed E-state index contributed by atoms with van der Waals surface area (Å²) in [6, 6.07) is 5.32. The molecule has 1 aromatic carbocycles. The smallest absolute Gasteiger partial charge is 0.337 e. The number of aromatic nitrogens is 1. The highest BCUT2D eigenvalue weighted by atomic mass is 79.9. The number of allylic oxidation sites excluding steroid dienone is 1. The molecule has 0 radical (unpaired) electrons. The van der Waals surface area contributed by atoms with E-state index in [0.717, 1.165) is 4.47 Å². The molecule has 1 spiro atoms. The molecule has 1 aliphatic carbocycles. The number of rotatable bonds is 3. The Morgan fingerprint density at radius 2 is 2.31 bits per heavy atom.